The van der Waals surface area contributed by atoms with Crippen LogP contribution in [0.4, 0.5) is 28.4 Å². The van der Waals surface area contributed by atoms with Gasteiger partial charge >= 0.3 is 6.85 Å². The van der Waals surface area contributed by atoms with Crippen molar-refractivity contribution in [3.05, 3.63) is 186 Å². The number of anilines is 5. The summed E-state index contributed by atoms with van der Waals surface area (Å²) in [6, 6.07) is 58.1. The third-order valence-electron chi connectivity index (χ3n) is 10.9. The summed E-state index contributed by atoms with van der Waals surface area (Å²) >= 11 is 0. The summed E-state index contributed by atoms with van der Waals surface area (Å²) in [5.74, 6) is 1.79. The Kier molecular flexibility index (Phi) is 5.06. The van der Waals surface area contributed by atoms with E-state index < -0.39 is 5.41 Å². The highest BCUT2D eigenvalue weighted by molar-refractivity contribution is 6.94. The van der Waals surface area contributed by atoms with Crippen molar-refractivity contribution in [2.75, 3.05) is 9.71 Å². The molecule has 0 fully saturated rings. The average Bonchev–Trinajstić information content (AvgIpc) is 3.14. The van der Waals surface area contributed by atoms with Gasteiger partial charge in [-0.3, -0.25) is 0 Å². The van der Waals surface area contributed by atoms with E-state index in [-0.39, 0.29) is 6.85 Å². The van der Waals surface area contributed by atoms with Crippen LogP contribution in [0.5, 0.6) is 11.5 Å². The predicted molar refractivity (Wildman–Crippen MR) is 197 cm³/mol. The molecule has 0 amide bonds. The normalized spacial score (nSPS) is 15.0. The maximum Gasteiger partial charge on any atom is 0.333 e. The van der Waals surface area contributed by atoms with Gasteiger partial charge in [0.2, 0.25) is 0 Å². The molecular weight excluding hydrogens is 583 g/mol. The van der Waals surface area contributed by atoms with Crippen LogP contribution in [0, 0.1) is 6.92 Å². The molecule has 0 spiro atoms. The third kappa shape index (κ3) is 3.11. The van der Waals surface area contributed by atoms with E-state index in [1.54, 1.807) is 0 Å². The molecule has 0 N–H and O–H groups in total. The Labute approximate surface area is 280 Å². The molecule has 0 aromatic heterocycles. The zero-order chi connectivity index (χ0) is 31.6. The number of ether oxygens (including phenoxy) is 1. The molecule has 0 saturated heterocycles. The fourth-order valence-corrected chi connectivity index (χ4v) is 9.22. The van der Waals surface area contributed by atoms with Crippen molar-refractivity contribution in [3.8, 4) is 22.6 Å². The molecular formula is C44H29BN2O. The Morgan fingerprint density at radius 2 is 1.17 bits per heavy atom. The number of aryl methyl sites for hydroxylation is 1. The van der Waals surface area contributed by atoms with Crippen molar-refractivity contribution in [1.29, 1.82) is 0 Å². The number of hydrogen-bond donors (Lipinski definition) is 0. The first-order valence-corrected chi connectivity index (χ1v) is 16.7. The highest BCUT2D eigenvalue weighted by Crippen LogP contribution is 2.60. The summed E-state index contributed by atoms with van der Waals surface area (Å²) in [6.07, 6.45) is 0. The highest BCUT2D eigenvalue weighted by atomic mass is 16.5. The van der Waals surface area contributed by atoms with Crippen LogP contribution in [0.15, 0.2) is 158 Å². The van der Waals surface area contributed by atoms with Gasteiger partial charge in [-0.25, -0.2) is 0 Å². The lowest BCUT2D eigenvalue weighted by Crippen LogP contribution is -2.63. The van der Waals surface area contributed by atoms with Crippen LogP contribution in [-0.4, -0.2) is 6.85 Å². The van der Waals surface area contributed by atoms with Gasteiger partial charge in [0.05, 0.1) is 22.5 Å². The standard InChI is InChI=1S/C44H29BN2O/c1-28-26-32-31-18-12-25-40-42(31)47(37-23-10-11-24-39(37)48-40)45-35-21-13-20-34-43(35)46(38(27-28)41(32)45)36-22-9-8-19-33(36)44(34,29-14-4-2-5-15-29)30-16-6-3-7-17-30/h2-27H,1H3. The van der Waals surface area contributed by atoms with E-state index in [0.29, 0.717) is 0 Å². The van der Waals surface area contributed by atoms with Crippen molar-refractivity contribution in [2.24, 2.45) is 0 Å². The summed E-state index contributed by atoms with van der Waals surface area (Å²) < 4.78 is 6.62. The minimum Gasteiger partial charge on any atom is -0.453 e. The summed E-state index contributed by atoms with van der Waals surface area (Å²) in [4.78, 5) is 5.14. The molecule has 4 aliphatic heterocycles. The molecule has 0 unspecified atom stereocenters. The van der Waals surface area contributed by atoms with Gasteiger partial charge in [0, 0.05) is 16.9 Å². The average molecular weight is 613 g/mol. The Morgan fingerprint density at radius 3 is 1.96 bits per heavy atom. The molecule has 4 aliphatic rings. The van der Waals surface area contributed by atoms with Crippen LogP contribution in [-0.2, 0) is 5.41 Å². The molecule has 11 rings (SSSR count). The number of nitrogens with zero attached hydrogens (tertiary/aromatic N) is 2. The molecule has 224 valence electrons. The van der Waals surface area contributed by atoms with E-state index in [1.165, 1.54) is 66.9 Å². The van der Waals surface area contributed by atoms with E-state index in [0.717, 1.165) is 22.9 Å². The van der Waals surface area contributed by atoms with Crippen LogP contribution >= 0.6 is 0 Å². The summed E-state index contributed by atoms with van der Waals surface area (Å²) in [5, 5.41) is 0. The zero-order valence-electron chi connectivity index (χ0n) is 26.4. The lowest BCUT2D eigenvalue weighted by Gasteiger charge is -2.52. The maximum absolute atomic E-state index is 6.62. The Hall–Kier alpha value is -6.00. The van der Waals surface area contributed by atoms with Crippen LogP contribution < -0.4 is 25.4 Å². The second-order valence-corrected chi connectivity index (χ2v) is 13.3. The highest BCUT2D eigenvalue weighted by Gasteiger charge is 2.53. The Balaban J connectivity index is 1.32. The van der Waals surface area contributed by atoms with Gasteiger partial charge < -0.3 is 14.4 Å². The van der Waals surface area contributed by atoms with Crippen molar-refractivity contribution >= 4 is 46.2 Å². The summed E-state index contributed by atoms with van der Waals surface area (Å²) in [5.41, 5.74) is 16.9. The van der Waals surface area contributed by atoms with Crippen molar-refractivity contribution < 1.29 is 4.74 Å². The molecule has 4 heteroatoms. The number of para-hydroxylation sites is 5. The first-order chi connectivity index (χ1) is 23.7. The third-order valence-corrected chi connectivity index (χ3v) is 10.9. The molecule has 48 heavy (non-hydrogen) atoms. The number of hydrogen-bond acceptors (Lipinski definition) is 3. The monoisotopic (exact) mass is 612 g/mol. The summed E-state index contributed by atoms with van der Waals surface area (Å²) in [7, 11) is 0. The predicted octanol–water partition coefficient (Wildman–Crippen LogP) is 9.50. The number of benzene rings is 7. The van der Waals surface area contributed by atoms with E-state index >= 15 is 0 Å². The van der Waals surface area contributed by atoms with Crippen molar-refractivity contribution in [1.82, 2.24) is 0 Å². The largest absolute Gasteiger partial charge is 0.453 e. The van der Waals surface area contributed by atoms with Gasteiger partial charge in [0.25, 0.3) is 0 Å². The smallest absolute Gasteiger partial charge is 0.333 e. The molecule has 0 aliphatic carbocycles. The van der Waals surface area contributed by atoms with Gasteiger partial charge in [0.15, 0.2) is 5.75 Å². The van der Waals surface area contributed by atoms with Crippen LogP contribution in [0.1, 0.15) is 27.8 Å². The van der Waals surface area contributed by atoms with Crippen LogP contribution in [0.3, 0.4) is 0 Å². The Morgan fingerprint density at radius 1 is 0.521 bits per heavy atom. The van der Waals surface area contributed by atoms with Gasteiger partial charge in [-0.1, -0.05) is 127 Å². The van der Waals surface area contributed by atoms with Gasteiger partial charge in [-0.05, 0) is 81.6 Å². The van der Waals surface area contributed by atoms with Crippen LogP contribution in [0.2, 0.25) is 0 Å². The quantitative estimate of drug-likeness (QED) is 0.181. The summed E-state index contributed by atoms with van der Waals surface area (Å²) in [6.45, 7) is 2.18. The molecule has 0 saturated carbocycles. The minimum atomic E-state index is -0.522. The zero-order valence-corrected chi connectivity index (χ0v) is 26.4. The number of rotatable bonds is 2. The van der Waals surface area contributed by atoms with Gasteiger partial charge in [0.1, 0.15) is 5.75 Å². The molecule has 7 aromatic carbocycles. The molecule has 0 bridgehead atoms. The topological polar surface area (TPSA) is 15.7 Å². The van der Waals surface area contributed by atoms with E-state index in [1.807, 2.05) is 0 Å². The second-order valence-electron chi connectivity index (χ2n) is 13.3. The first-order valence-electron chi connectivity index (χ1n) is 16.7. The second kappa shape index (κ2) is 9.30. The van der Waals surface area contributed by atoms with E-state index in [2.05, 4.69) is 174 Å². The van der Waals surface area contributed by atoms with E-state index in [4.69, 9.17) is 4.74 Å². The molecule has 3 nitrogen and oxygen atoms in total. The SMILES string of the molecule is Cc1cc2c3c(c1)N1c4ccccc4C(c4ccccc4)(c4ccccc4)c4cccc(c41)B3N1c3ccccc3Oc3cccc-2c31. The van der Waals surface area contributed by atoms with Crippen molar-refractivity contribution in [3.63, 3.8) is 0 Å². The Bertz CT molecular complexity index is 2430. The number of fused-ring (bicyclic) bond motifs is 8. The fourth-order valence-electron chi connectivity index (χ4n) is 9.22. The van der Waals surface area contributed by atoms with Gasteiger partial charge in [-0.2, -0.15) is 0 Å². The molecule has 4 heterocycles. The molecule has 7 aromatic rings. The first kappa shape index (κ1) is 26.1. The minimum absolute atomic E-state index is 0.0463. The molecule has 0 atom stereocenters. The lowest BCUT2D eigenvalue weighted by molar-refractivity contribution is 0.478. The van der Waals surface area contributed by atoms with Gasteiger partial charge in [-0.15, -0.1) is 0 Å². The van der Waals surface area contributed by atoms with E-state index in [9.17, 15) is 0 Å². The van der Waals surface area contributed by atoms with Crippen molar-refractivity contribution in [2.45, 2.75) is 12.3 Å². The lowest BCUT2D eigenvalue weighted by atomic mass is 9.42. The van der Waals surface area contributed by atoms with Crippen LogP contribution in [0.25, 0.3) is 11.1 Å². The molecule has 0 radical (unpaired) electrons. The fraction of sp³-hybridized carbons (Fsp3) is 0.0455. The maximum atomic E-state index is 6.62.